The maximum absolute atomic E-state index is 11.5. The molecule has 0 aromatic carbocycles. The highest BCUT2D eigenvalue weighted by atomic mass is 32.2. The zero-order valence-electron chi connectivity index (χ0n) is 11.7. The van der Waals surface area contributed by atoms with Gasteiger partial charge in [0.15, 0.2) is 0 Å². The summed E-state index contributed by atoms with van der Waals surface area (Å²) >= 11 is 1.15. The molecule has 106 valence electrons. The predicted octanol–water partition coefficient (Wildman–Crippen LogP) is 1.34. The summed E-state index contributed by atoms with van der Waals surface area (Å²) in [6.45, 7) is 7.23. The lowest BCUT2D eigenvalue weighted by atomic mass is 9.90. The molecule has 0 saturated heterocycles. The van der Waals surface area contributed by atoms with Crippen LogP contribution in [-0.2, 0) is 13.8 Å². The molecule has 0 radical (unpaired) electrons. The van der Waals surface area contributed by atoms with E-state index >= 15 is 0 Å². The largest absolute Gasteiger partial charge is 0.354 e. The number of rotatable bonds is 8. The molecule has 5 nitrogen and oxygen atoms in total. The average Bonchev–Trinajstić information content (AvgIpc) is 2.28. The van der Waals surface area contributed by atoms with E-state index in [9.17, 15) is 9.59 Å². The van der Waals surface area contributed by atoms with Crippen LogP contribution in [-0.4, -0.2) is 37.8 Å². The maximum atomic E-state index is 11.5. The second-order valence-electron chi connectivity index (χ2n) is 5.19. The van der Waals surface area contributed by atoms with Crippen LogP contribution in [0.3, 0.4) is 0 Å². The fourth-order valence-electron chi connectivity index (χ4n) is 1.14. The van der Waals surface area contributed by atoms with Crippen molar-refractivity contribution in [3.8, 4) is 0 Å². The number of hydrogen-bond acceptors (Lipinski definition) is 4. The fraction of sp³-hybridized carbons (Fsp3) is 0.833. The van der Waals surface area contributed by atoms with Gasteiger partial charge in [-0.2, -0.15) is 0 Å². The lowest BCUT2D eigenvalue weighted by Crippen LogP contribution is -2.36. The molecule has 0 fully saturated rings. The Labute approximate surface area is 114 Å². The highest BCUT2D eigenvalue weighted by Gasteiger charge is 2.12. The minimum Gasteiger partial charge on any atom is -0.354 e. The smallest absolute Gasteiger partial charge is 0.247 e. The van der Waals surface area contributed by atoms with Gasteiger partial charge in [-0.25, -0.2) is 0 Å². The van der Waals surface area contributed by atoms with Crippen molar-refractivity contribution in [2.75, 3.05) is 26.0 Å². The van der Waals surface area contributed by atoms with Crippen LogP contribution >= 0.6 is 12.0 Å². The van der Waals surface area contributed by atoms with Gasteiger partial charge >= 0.3 is 0 Å². The van der Waals surface area contributed by atoms with Crippen molar-refractivity contribution in [2.24, 2.45) is 5.41 Å². The van der Waals surface area contributed by atoms with Crippen LogP contribution < -0.4 is 10.6 Å². The Hall–Kier alpha value is -0.750. The first-order valence-electron chi connectivity index (χ1n) is 6.04. The van der Waals surface area contributed by atoms with Crippen LogP contribution in [0, 0.1) is 5.41 Å². The zero-order chi connectivity index (χ0) is 14.0. The maximum Gasteiger partial charge on any atom is 0.247 e. The molecule has 0 rings (SSSR count). The van der Waals surface area contributed by atoms with Crippen LogP contribution in [0.5, 0.6) is 0 Å². The molecular weight excluding hydrogens is 252 g/mol. The van der Waals surface area contributed by atoms with Gasteiger partial charge in [-0.1, -0.05) is 20.8 Å². The van der Waals surface area contributed by atoms with Gasteiger partial charge < -0.3 is 14.8 Å². The fourth-order valence-corrected chi connectivity index (χ4v) is 1.37. The lowest BCUT2D eigenvalue weighted by molar-refractivity contribution is -0.124. The van der Waals surface area contributed by atoms with Gasteiger partial charge in [0.2, 0.25) is 11.8 Å². The van der Waals surface area contributed by atoms with Gasteiger partial charge in [-0.05, 0) is 23.9 Å². The Morgan fingerprint density at radius 1 is 1.11 bits per heavy atom. The van der Waals surface area contributed by atoms with Crippen molar-refractivity contribution >= 4 is 23.9 Å². The average molecular weight is 276 g/mol. The van der Waals surface area contributed by atoms with Crippen LogP contribution in [0.2, 0.25) is 0 Å². The summed E-state index contributed by atoms with van der Waals surface area (Å²) in [5, 5.41) is 5.42. The van der Waals surface area contributed by atoms with Gasteiger partial charge in [0.1, 0.15) is 6.61 Å². The molecular formula is C12H24N2O3S. The molecule has 2 N–H and O–H groups in total. The topological polar surface area (TPSA) is 67.4 Å². The van der Waals surface area contributed by atoms with Crippen molar-refractivity contribution in [2.45, 2.75) is 33.6 Å². The van der Waals surface area contributed by atoms with Gasteiger partial charge in [-0.15, -0.1) is 0 Å². The summed E-state index contributed by atoms with van der Waals surface area (Å²) in [7, 11) is 0. The minimum absolute atomic E-state index is 0.0273. The second-order valence-corrected chi connectivity index (χ2v) is 5.76. The normalized spacial score (nSPS) is 11.1. The minimum atomic E-state index is -0.173. The molecule has 0 aliphatic heterocycles. The number of hydrogen-bond donors (Lipinski definition) is 2. The van der Waals surface area contributed by atoms with Crippen molar-refractivity contribution < 1.29 is 13.8 Å². The number of amides is 2. The number of carbonyl (C=O) groups is 2. The quantitative estimate of drug-likeness (QED) is 0.518. The highest BCUT2D eigenvalue weighted by molar-refractivity contribution is 7.93. The summed E-state index contributed by atoms with van der Waals surface area (Å²) in [6, 6.07) is 0. The monoisotopic (exact) mass is 276 g/mol. The van der Waals surface area contributed by atoms with Crippen LogP contribution in [0.15, 0.2) is 0 Å². The summed E-state index contributed by atoms with van der Waals surface area (Å²) < 4.78 is 4.87. The lowest BCUT2D eigenvalue weighted by Gasteiger charge is -2.17. The van der Waals surface area contributed by atoms with E-state index in [2.05, 4.69) is 31.4 Å². The molecule has 0 aliphatic rings. The second kappa shape index (κ2) is 9.22. The first-order chi connectivity index (χ1) is 8.35. The van der Waals surface area contributed by atoms with Crippen molar-refractivity contribution in [1.29, 1.82) is 0 Å². The molecule has 0 aliphatic carbocycles. The SMILES string of the molecule is CSOCC(=O)NCCNC(=O)CCC(C)(C)C. The molecule has 0 saturated carbocycles. The summed E-state index contributed by atoms with van der Waals surface area (Å²) in [5.41, 5.74) is 0.167. The molecule has 6 heteroatoms. The molecule has 0 aromatic rings. The molecule has 2 amide bonds. The van der Waals surface area contributed by atoms with E-state index < -0.39 is 0 Å². The van der Waals surface area contributed by atoms with Gasteiger partial charge in [-0.3, -0.25) is 9.59 Å². The van der Waals surface area contributed by atoms with Gasteiger partial charge in [0, 0.05) is 25.8 Å². The number of nitrogens with one attached hydrogen (secondary N) is 2. The van der Waals surface area contributed by atoms with E-state index in [4.69, 9.17) is 4.18 Å². The summed E-state index contributed by atoms with van der Waals surface area (Å²) in [4.78, 5) is 22.6. The zero-order valence-corrected chi connectivity index (χ0v) is 12.5. The first-order valence-corrected chi connectivity index (χ1v) is 7.19. The van der Waals surface area contributed by atoms with Crippen LogP contribution in [0.1, 0.15) is 33.6 Å². The molecule has 0 aromatic heterocycles. The van der Waals surface area contributed by atoms with E-state index in [1.807, 2.05) is 0 Å². The Kier molecular flexibility index (Phi) is 8.83. The Balaban J connectivity index is 3.49. The molecule has 0 unspecified atom stereocenters. The van der Waals surface area contributed by atoms with E-state index in [0.29, 0.717) is 19.5 Å². The third kappa shape index (κ3) is 11.7. The third-order valence-electron chi connectivity index (χ3n) is 2.18. The van der Waals surface area contributed by atoms with Crippen LogP contribution in [0.4, 0.5) is 0 Å². The van der Waals surface area contributed by atoms with E-state index in [1.54, 1.807) is 6.26 Å². The Morgan fingerprint density at radius 2 is 1.67 bits per heavy atom. The van der Waals surface area contributed by atoms with Crippen molar-refractivity contribution in [3.05, 3.63) is 0 Å². The highest BCUT2D eigenvalue weighted by Crippen LogP contribution is 2.19. The van der Waals surface area contributed by atoms with E-state index in [1.165, 1.54) is 0 Å². The van der Waals surface area contributed by atoms with Gasteiger partial charge in [0.25, 0.3) is 0 Å². The third-order valence-corrected chi connectivity index (χ3v) is 2.53. The predicted molar refractivity (Wildman–Crippen MR) is 74.2 cm³/mol. The Bertz CT molecular complexity index is 265. The molecule has 0 heterocycles. The standard InChI is InChI=1S/C12H24N2O3S/c1-12(2,3)6-5-10(15)13-7-8-14-11(16)9-17-18-4/h5-9H2,1-4H3,(H,13,15)(H,14,16). The van der Waals surface area contributed by atoms with E-state index in [-0.39, 0.29) is 23.8 Å². The molecule has 0 atom stereocenters. The summed E-state index contributed by atoms with van der Waals surface area (Å²) in [5.74, 6) is -0.146. The number of carbonyl (C=O) groups excluding carboxylic acids is 2. The molecule has 0 bridgehead atoms. The van der Waals surface area contributed by atoms with E-state index in [0.717, 1.165) is 18.5 Å². The molecule has 18 heavy (non-hydrogen) atoms. The van der Waals surface area contributed by atoms with Crippen molar-refractivity contribution in [1.82, 2.24) is 10.6 Å². The van der Waals surface area contributed by atoms with Crippen molar-refractivity contribution in [3.63, 3.8) is 0 Å². The first kappa shape index (κ1) is 17.2. The van der Waals surface area contributed by atoms with Crippen LogP contribution in [0.25, 0.3) is 0 Å². The molecule has 0 spiro atoms. The Morgan fingerprint density at radius 3 is 2.17 bits per heavy atom. The summed E-state index contributed by atoms with van der Waals surface area (Å²) in [6.07, 6.45) is 3.13. The van der Waals surface area contributed by atoms with Gasteiger partial charge in [0.05, 0.1) is 0 Å².